The molecule has 0 aliphatic carbocycles. The maximum absolute atomic E-state index is 11.9. The monoisotopic (exact) mass is 227 g/mol. The van der Waals surface area contributed by atoms with Crippen LogP contribution in [0.25, 0.3) is 0 Å². The molecule has 0 bridgehead atoms. The number of ether oxygens (including phenoxy) is 1. The molecule has 86 valence electrons. The summed E-state index contributed by atoms with van der Waals surface area (Å²) in [7, 11) is 0. The van der Waals surface area contributed by atoms with Crippen molar-refractivity contribution in [2.24, 2.45) is 0 Å². The highest BCUT2D eigenvalue weighted by Crippen LogP contribution is 2.15. The first-order valence-electron chi connectivity index (χ1n) is 4.57. The Bertz CT molecular complexity index is 380. The zero-order valence-electron chi connectivity index (χ0n) is 8.45. The second-order valence-electron chi connectivity index (χ2n) is 2.91. The zero-order valence-corrected chi connectivity index (χ0v) is 8.45. The summed E-state index contributed by atoms with van der Waals surface area (Å²) < 4.78 is 28.0. The van der Waals surface area contributed by atoms with E-state index in [4.69, 9.17) is 0 Å². The number of benzene rings is 1. The molecular weight excluding hydrogens is 216 g/mol. The van der Waals surface area contributed by atoms with Crippen LogP contribution in [0.5, 0.6) is 5.75 Å². The average molecular weight is 227 g/mol. The fourth-order valence-corrected chi connectivity index (χ4v) is 1.08. The minimum absolute atomic E-state index is 0.0405. The number of alkyl halides is 2. The maximum Gasteiger partial charge on any atom is 0.387 e. The van der Waals surface area contributed by atoms with Gasteiger partial charge in [0.25, 0.3) is 5.91 Å². The molecule has 0 spiro atoms. The Morgan fingerprint density at radius 3 is 2.94 bits per heavy atom. The van der Waals surface area contributed by atoms with Gasteiger partial charge in [0, 0.05) is 12.1 Å². The normalized spacial score (nSPS) is 9.94. The molecule has 5 heteroatoms. The number of hydrogen-bond acceptors (Lipinski definition) is 2. The van der Waals surface area contributed by atoms with Crippen LogP contribution >= 0.6 is 0 Å². The van der Waals surface area contributed by atoms with Crippen LogP contribution in [-0.4, -0.2) is 19.1 Å². The van der Waals surface area contributed by atoms with E-state index < -0.39 is 6.61 Å². The zero-order chi connectivity index (χ0) is 12.0. The van der Waals surface area contributed by atoms with Crippen LogP contribution in [0.2, 0.25) is 0 Å². The van der Waals surface area contributed by atoms with Gasteiger partial charge in [-0.15, -0.1) is 6.58 Å². The minimum Gasteiger partial charge on any atom is -0.435 e. The number of carbonyl (C=O) groups is 1. The number of halogens is 2. The van der Waals surface area contributed by atoms with E-state index in [-0.39, 0.29) is 17.2 Å². The summed E-state index contributed by atoms with van der Waals surface area (Å²) in [5, 5.41) is 2.53. The third-order valence-corrected chi connectivity index (χ3v) is 1.73. The molecular formula is C11H11F2NO2. The van der Waals surface area contributed by atoms with E-state index in [1.165, 1.54) is 30.3 Å². The van der Waals surface area contributed by atoms with Crippen LogP contribution in [0.1, 0.15) is 10.4 Å². The van der Waals surface area contributed by atoms with E-state index in [2.05, 4.69) is 16.6 Å². The first kappa shape index (κ1) is 12.2. The molecule has 1 N–H and O–H groups in total. The van der Waals surface area contributed by atoms with Crippen molar-refractivity contribution in [2.75, 3.05) is 6.54 Å². The molecule has 0 atom stereocenters. The molecule has 0 unspecified atom stereocenters. The second kappa shape index (κ2) is 5.85. The summed E-state index contributed by atoms with van der Waals surface area (Å²) in [5.41, 5.74) is 0.264. The second-order valence-corrected chi connectivity index (χ2v) is 2.91. The molecule has 1 amide bonds. The Kier molecular flexibility index (Phi) is 4.44. The Morgan fingerprint density at radius 1 is 1.56 bits per heavy atom. The fourth-order valence-electron chi connectivity index (χ4n) is 1.08. The van der Waals surface area contributed by atoms with Crippen molar-refractivity contribution in [3.63, 3.8) is 0 Å². The van der Waals surface area contributed by atoms with Crippen molar-refractivity contribution in [1.29, 1.82) is 0 Å². The molecule has 0 aromatic heterocycles. The van der Waals surface area contributed by atoms with Crippen molar-refractivity contribution in [3.05, 3.63) is 42.5 Å². The Labute approximate surface area is 91.7 Å². The van der Waals surface area contributed by atoms with Crippen molar-refractivity contribution in [2.45, 2.75) is 6.61 Å². The SMILES string of the molecule is C=CCNC(=O)c1cccc(OC(F)F)c1. The van der Waals surface area contributed by atoms with Gasteiger partial charge in [0.2, 0.25) is 0 Å². The van der Waals surface area contributed by atoms with E-state index in [1.54, 1.807) is 0 Å². The fraction of sp³-hybridized carbons (Fsp3) is 0.182. The highest BCUT2D eigenvalue weighted by molar-refractivity contribution is 5.94. The predicted octanol–water partition coefficient (Wildman–Crippen LogP) is 2.20. The van der Waals surface area contributed by atoms with Crippen molar-refractivity contribution >= 4 is 5.91 Å². The number of hydrogen-bond donors (Lipinski definition) is 1. The van der Waals surface area contributed by atoms with E-state index in [1.807, 2.05) is 0 Å². The molecule has 0 heterocycles. The van der Waals surface area contributed by atoms with E-state index in [9.17, 15) is 13.6 Å². The number of rotatable bonds is 5. The summed E-state index contributed by atoms with van der Waals surface area (Å²) in [6.45, 7) is 0.866. The van der Waals surface area contributed by atoms with Crippen LogP contribution in [0, 0.1) is 0 Å². The highest BCUT2D eigenvalue weighted by Gasteiger charge is 2.08. The van der Waals surface area contributed by atoms with Gasteiger partial charge in [0.05, 0.1) is 0 Å². The van der Waals surface area contributed by atoms with Gasteiger partial charge in [-0.3, -0.25) is 4.79 Å². The van der Waals surface area contributed by atoms with E-state index in [0.717, 1.165) is 0 Å². The lowest BCUT2D eigenvalue weighted by Gasteiger charge is -2.06. The number of amides is 1. The predicted molar refractivity (Wildman–Crippen MR) is 55.6 cm³/mol. The molecule has 1 rings (SSSR count). The lowest BCUT2D eigenvalue weighted by Crippen LogP contribution is -2.23. The van der Waals surface area contributed by atoms with Gasteiger partial charge in [-0.2, -0.15) is 8.78 Å². The maximum atomic E-state index is 11.9. The Morgan fingerprint density at radius 2 is 2.31 bits per heavy atom. The molecule has 16 heavy (non-hydrogen) atoms. The van der Waals surface area contributed by atoms with Crippen molar-refractivity contribution in [3.8, 4) is 5.75 Å². The molecule has 0 radical (unpaired) electrons. The third kappa shape index (κ3) is 3.68. The largest absolute Gasteiger partial charge is 0.435 e. The van der Waals surface area contributed by atoms with Gasteiger partial charge >= 0.3 is 6.61 Å². The molecule has 1 aromatic rings. The Hall–Kier alpha value is -1.91. The number of carbonyl (C=O) groups excluding carboxylic acids is 1. The van der Waals surface area contributed by atoms with Gasteiger partial charge in [0.1, 0.15) is 5.75 Å². The summed E-state index contributed by atoms with van der Waals surface area (Å²) in [6, 6.07) is 5.60. The van der Waals surface area contributed by atoms with Gasteiger partial charge in [0.15, 0.2) is 0 Å². The first-order valence-corrected chi connectivity index (χ1v) is 4.57. The first-order chi connectivity index (χ1) is 7.63. The molecule has 0 aliphatic rings. The summed E-state index contributed by atoms with van der Waals surface area (Å²) in [4.78, 5) is 11.4. The van der Waals surface area contributed by atoms with Gasteiger partial charge in [-0.1, -0.05) is 12.1 Å². The molecule has 0 saturated carbocycles. The van der Waals surface area contributed by atoms with Crippen LogP contribution in [0.3, 0.4) is 0 Å². The molecule has 0 aliphatic heterocycles. The molecule has 3 nitrogen and oxygen atoms in total. The van der Waals surface area contributed by atoms with Crippen LogP contribution in [-0.2, 0) is 0 Å². The Balaban J connectivity index is 2.73. The summed E-state index contributed by atoms with van der Waals surface area (Å²) >= 11 is 0. The molecule has 1 aromatic carbocycles. The average Bonchev–Trinajstić information content (AvgIpc) is 2.25. The highest BCUT2D eigenvalue weighted by atomic mass is 19.3. The van der Waals surface area contributed by atoms with E-state index in [0.29, 0.717) is 6.54 Å². The standard InChI is InChI=1S/C11H11F2NO2/c1-2-6-14-10(15)8-4-3-5-9(7-8)16-11(12)13/h2-5,7,11H,1,6H2,(H,14,15). The molecule has 0 saturated heterocycles. The lowest BCUT2D eigenvalue weighted by molar-refractivity contribution is -0.0498. The van der Waals surface area contributed by atoms with Gasteiger partial charge < -0.3 is 10.1 Å². The van der Waals surface area contributed by atoms with Gasteiger partial charge in [-0.05, 0) is 18.2 Å². The summed E-state index contributed by atoms with van der Waals surface area (Å²) in [5.74, 6) is -0.402. The smallest absolute Gasteiger partial charge is 0.387 e. The third-order valence-electron chi connectivity index (χ3n) is 1.73. The number of nitrogens with one attached hydrogen (secondary N) is 1. The topological polar surface area (TPSA) is 38.3 Å². The lowest BCUT2D eigenvalue weighted by atomic mass is 10.2. The van der Waals surface area contributed by atoms with Crippen LogP contribution in [0.15, 0.2) is 36.9 Å². The van der Waals surface area contributed by atoms with Crippen molar-refractivity contribution in [1.82, 2.24) is 5.32 Å². The summed E-state index contributed by atoms with van der Waals surface area (Å²) in [6.07, 6.45) is 1.53. The minimum atomic E-state index is -2.90. The van der Waals surface area contributed by atoms with E-state index >= 15 is 0 Å². The quantitative estimate of drug-likeness (QED) is 0.783. The molecule has 0 fully saturated rings. The van der Waals surface area contributed by atoms with Crippen LogP contribution < -0.4 is 10.1 Å². The van der Waals surface area contributed by atoms with Crippen LogP contribution in [0.4, 0.5) is 8.78 Å². The van der Waals surface area contributed by atoms with Crippen molar-refractivity contribution < 1.29 is 18.3 Å². The van der Waals surface area contributed by atoms with Gasteiger partial charge in [-0.25, -0.2) is 0 Å².